The van der Waals surface area contributed by atoms with Gasteiger partial charge in [0.25, 0.3) is 0 Å². The summed E-state index contributed by atoms with van der Waals surface area (Å²) in [7, 11) is 2.08. The Morgan fingerprint density at radius 3 is 2.82 bits per heavy atom. The lowest BCUT2D eigenvalue weighted by atomic mass is 10.2. The topological polar surface area (TPSA) is 61.8 Å². The molecule has 0 radical (unpaired) electrons. The van der Waals surface area contributed by atoms with E-state index in [1.54, 1.807) is 0 Å². The quantitative estimate of drug-likeness (QED) is 0.388. The minimum absolute atomic E-state index is 0.127. The van der Waals surface area contributed by atoms with Gasteiger partial charge in [-0.25, -0.2) is 0 Å². The van der Waals surface area contributed by atoms with Crippen LogP contribution in [0.15, 0.2) is 27.8 Å². The van der Waals surface area contributed by atoms with Crippen molar-refractivity contribution in [2.75, 3.05) is 18.5 Å². The molecule has 1 aromatic rings. The van der Waals surface area contributed by atoms with Crippen molar-refractivity contribution < 1.29 is 5.21 Å². The van der Waals surface area contributed by atoms with Crippen molar-refractivity contribution in [2.45, 2.75) is 12.8 Å². The fraction of sp³-hybridized carbons (Fsp3) is 0.417. The Kier molecular flexibility index (Phi) is 3.57. The molecule has 0 heterocycles. The highest BCUT2D eigenvalue weighted by Gasteiger charge is 2.23. The number of oxime groups is 1. The van der Waals surface area contributed by atoms with Crippen molar-refractivity contribution >= 4 is 27.5 Å². The van der Waals surface area contributed by atoms with Gasteiger partial charge in [0.15, 0.2) is 5.84 Å². The molecule has 2 rings (SSSR count). The van der Waals surface area contributed by atoms with Gasteiger partial charge in [0.05, 0.1) is 5.69 Å². The fourth-order valence-corrected chi connectivity index (χ4v) is 2.50. The van der Waals surface area contributed by atoms with Crippen LogP contribution in [0.1, 0.15) is 18.4 Å². The van der Waals surface area contributed by atoms with E-state index in [1.807, 2.05) is 18.2 Å². The molecule has 0 saturated heterocycles. The van der Waals surface area contributed by atoms with Gasteiger partial charge in [-0.1, -0.05) is 5.16 Å². The number of amidine groups is 1. The standard InChI is InChI=1S/C12H16BrN3O/c1-16(7-8-2-3-8)11-5-4-9(6-10(11)13)12(14)15-17/h4-6,8,17H,2-3,7H2,1H3,(H2,14,15). The molecule has 3 N–H and O–H groups in total. The van der Waals surface area contributed by atoms with Crippen molar-refractivity contribution in [1.82, 2.24) is 0 Å². The first-order chi connectivity index (χ1) is 8.11. The SMILES string of the molecule is CN(CC1CC1)c1ccc(/C(N)=N/O)cc1Br. The normalized spacial score (nSPS) is 16.0. The lowest BCUT2D eigenvalue weighted by Crippen LogP contribution is -2.21. The van der Waals surface area contributed by atoms with E-state index in [1.165, 1.54) is 12.8 Å². The summed E-state index contributed by atoms with van der Waals surface area (Å²) in [5.74, 6) is 0.970. The molecular formula is C12H16BrN3O. The molecule has 0 bridgehead atoms. The van der Waals surface area contributed by atoms with Gasteiger partial charge in [0, 0.05) is 23.6 Å². The Morgan fingerprint density at radius 2 is 2.29 bits per heavy atom. The Hall–Kier alpha value is -1.23. The Morgan fingerprint density at radius 1 is 1.59 bits per heavy atom. The van der Waals surface area contributed by atoms with Crippen molar-refractivity contribution in [2.24, 2.45) is 16.8 Å². The van der Waals surface area contributed by atoms with Gasteiger partial charge in [0.1, 0.15) is 0 Å². The molecule has 0 aromatic heterocycles. The molecule has 0 atom stereocenters. The van der Waals surface area contributed by atoms with Gasteiger partial charge < -0.3 is 15.8 Å². The second-order valence-electron chi connectivity index (χ2n) is 4.48. The third-order valence-electron chi connectivity index (χ3n) is 2.99. The second kappa shape index (κ2) is 4.96. The van der Waals surface area contributed by atoms with Crippen LogP contribution in [0.25, 0.3) is 0 Å². The highest BCUT2D eigenvalue weighted by atomic mass is 79.9. The molecule has 5 heteroatoms. The fourth-order valence-electron chi connectivity index (χ4n) is 1.82. The summed E-state index contributed by atoms with van der Waals surface area (Å²) >= 11 is 3.52. The lowest BCUT2D eigenvalue weighted by molar-refractivity contribution is 0.318. The number of nitrogens with two attached hydrogens (primary N) is 1. The molecule has 17 heavy (non-hydrogen) atoms. The van der Waals surface area contributed by atoms with Crippen LogP contribution in [-0.4, -0.2) is 24.6 Å². The molecule has 92 valence electrons. The zero-order valence-corrected chi connectivity index (χ0v) is 11.3. The van der Waals surface area contributed by atoms with Gasteiger partial charge >= 0.3 is 0 Å². The zero-order chi connectivity index (χ0) is 12.4. The van der Waals surface area contributed by atoms with E-state index in [0.717, 1.165) is 22.6 Å². The van der Waals surface area contributed by atoms with Crippen LogP contribution in [0.4, 0.5) is 5.69 Å². The summed E-state index contributed by atoms with van der Waals surface area (Å²) in [5, 5.41) is 11.6. The largest absolute Gasteiger partial charge is 0.409 e. The Balaban J connectivity index is 2.18. The van der Waals surface area contributed by atoms with Crippen LogP contribution in [0.3, 0.4) is 0 Å². The minimum atomic E-state index is 0.127. The van der Waals surface area contributed by atoms with Crippen molar-refractivity contribution in [3.63, 3.8) is 0 Å². The third kappa shape index (κ3) is 2.91. The molecule has 1 aliphatic carbocycles. The molecule has 1 aliphatic rings. The average molecular weight is 298 g/mol. The second-order valence-corrected chi connectivity index (χ2v) is 5.33. The molecular weight excluding hydrogens is 282 g/mol. The smallest absolute Gasteiger partial charge is 0.170 e. The molecule has 0 unspecified atom stereocenters. The van der Waals surface area contributed by atoms with Crippen LogP contribution in [0.5, 0.6) is 0 Å². The van der Waals surface area contributed by atoms with Crippen molar-refractivity contribution in [3.8, 4) is 0 Å². The molecule has 1 saturated carbocycles. The van der Waals surface area contributed by atoms with E-state index in [4.69, 9.17) is 10.9 Å². The van der Waals surface area contributed by atoms with Gasteiger partial charge in [-0.05, 0) is 52.9 Å². The van der Waals surface area contributed by atoms with E-state index in [9.17, 15) is 0 Å². The monoisotopic (exact) mass is 297 g/mol. The minimum Gasteiger partial charge on any atom is -0.409 e. The predicted molar refractivity (Wildman–Crippen MR) is 72.6 cm³/mol. The van der Waals surface area contributed by atoms with Crippen LogP contribution >= 0.6 is 15.9 Å². The average Bonchev–Trinajstić information content (AvgIpc) is 3.11. The molecule has 0 spiro atoms. The third-order valence-corrected chi connectivity index (χ3v) is 3.63. The molecule has 0 aliphatic heterocycles. The zero-order valence-electron chi connectivity index (χ0n) is 9.73. The Labute approximate surface area is 109 Å². The summed E-state index contributed by atoms with van der Waals surface area (Å²) in [5.41, 5.74) is 7.39. The number of hydrogen-bond acceptors (Lipinski definition) is 3. The number of hydrogen-bond donors (Lipinski definition) is 2. The first-order valence-electron chi connectivity index (χ1n) is 5.60. The highest BCUT2D eigenvalue weighted by Crippen LogP contribution is 2.33. The number of rotatable bonds is 4. The molecule has 1 aromatic carbocycles. The maximum Gasteiger partial charge on any atom is 0.170 e. The summed E-state index contributed by atoms with van der Waals surface area (Å²) in [6, 6.07) is 5.71. The Bertz CT molecular complexity index is 443. The predicted octanol–water partition coefficient (Wildman–Crippen LogP) is 2.39. The van der Waals surface area contributed by atoms with Crippen LogP contribution in [0, 0.1) is 5.92 Å². The van der Waals surface area contributed by atoms with Crippen LogP contribution in [-0.2, 0) is 0 Å². The van der Waals surface area contributed by atoms with Crippen LogP contribution in [0.2, 0.25) is 0 Å². The highest BCUT2D eigenvalue weighted by molar-refractivity contribution is 9.10. The summed E-state index contributed by atoms with van der Waals surface area (Å²) in [6.07, 6.45) is 2.67. The van der Waals surface area contributed by atoms with E-state index in [2.05, 4.69) is 33.0 Å². The first kappa shape index (κ1) is 12.2. The number of anilines is 1. The molecule has 1 fully saturated rings. The van der Waals surface area contributed by atoms with E-state index < -0.39 is 0 Å². The number of halogens is 1. The maximum absolute atomic E-state index is 8.62. The summed E-state index contributed by atoms with van der Waals surface area (Å²) in [6.45, 7) is 1.08. The van der Waals surface area contributed by atoms with Gasteiger partial charge in [0.2, 0.25) is 0 Å². The first-order valence-corrected chi connectivity index (χ1v) is 6.39. The van der Waals surface area contributed by atoms with Gasteiger partial charge in [-0.3, -0.25) is 0 Å². The van der Waals surface area contributed by atoms with E-state index >= 15 is 0 Å². The number of nitrogens with zero attached hydrogens (tertiary/aromatic N) is 2. The maximum atomic E-state index is 8.62. The van der Waals surface area contributed by atoms with Crippen molar-refractivity contribution in [3.05, 3.63) is 28.2 Å². The number of benzene rings is 1. The lowest BCUT2D eigenvalue weighted by Gasteiger charge is -2.21. The van der Waals surface area contributed by atoms with Gasteiger partial charge in [-0.15, -0.1) is 0 Å². The van der Waals surface area contributed by atoms with Gasteiger partial charge in [-0.2, -0.15) is 0 Å². The molecule has 0 amide bonds. The van der Waals surface area contributed by atoms with Crippen LogP contribution < -0.4 is 10.6 Å². The summed E-state index contributed by atoms with van der Waals surface area (Å²) in [4.78, 5) is 2.23. The van der Waals surface area contributed by atoms with Crippen molar-refractivity contribution in [1.29, 1.82) is 0 Å². The van der Waals surface area contributed by atoms with E-state index in [0.29, 0.717) is 5.56 Å². The molecule has 4 nitrogen and oxygen atoms in total. The van der Waals surface area contributed by atoms with E-state index in [-0.39, 0.29) is 5.84 Å². The summed E-state index contributed by atoms with van der Waals surface area (Å²) < 4.78 is 0.963.